The smallest absolute Gasteiger partial charge is 0.305 e. The summed E-state index contributed by atoms with van der Waals surface area (Å²) in [6.07, 6.45) is 11.1. The van der Waals surface area contributed by atoms with Crippen LogP contribution in [0.4, 0.5) is 0 Å². The first-order valence-corrected chi connectivity index (χ1v) is 7.35. The van der Waals surface area contributed by atoms with Gasteiger partial charge >= 0.3 is 5.97 Å². The molecule has 0 saturated heterocycles. The number of halogens is 1. The van der Waals surface area contributed by atoms with Gasteiger partial charge in [-0.1, -0.05) is 45.4 Å². The SMILES string of the molecule is CCCCC(Cl)CCCCCCCC(=O)OC. The number of rotatable bonds is 11. The summed E-state index contributed by atoms with van der Waals surface area (Å²) in [7, 11) is 1.44. The van der Waals surface area contributed by atoms with Crippen LogP contribution in [0.2, 0.25) is 0 Å². The van der Waals surface area contributed by atoms with Gasteiger partial charge in [0, 0.05) is 11.8 Å². The van der Waals surface area contributed by atoms with Gasteiger partial charge in [-0.05, 0) is 19.3 Å². The van der Waals surface area contributed by atoms with Gasteiger partial charge in [-0.2, -0.15) is 0 Å². The minimum atomic E-state index is -0.0922. The molecule has 0 saturated carbocycles. The molecule has 2 nitrogen and oxygen atoms in total. The summed E-state index contributed by atoms with van der Waals surface area (Å²) >= 11 is 6.20. The zero-order chi connectivity index (χ0) is 12.9. The Balaban J connectivity index is 3.15. The van der Waals surface area contributed by atoms with E-state index in [4.69, 9.17) is 11.6 Å². The molecule has 0 aliphatic heterocycles. The molecule has 102 valence electrons. The van der Waals surface area contributed by atoms with Crippen LogP contribution in [0.5, 0.6) is 0 Å². The number of ether oxygens (including phenoxy) is 1. The van der Waals surface area contributed by atoms with Gasteiger partial charge in [0.2, 0.25) is 0 Å². The van der Waals surface area contributed by atoms with Crippen LogP contribution < -0.4 is 0 Å². The second kappa shape index (κ2) is 12.2. The quantitative estimate of drug-likeness (QED) is 0.307. The molecular weight excluding hydrogens is 236 g/mol. The van der Waals surface area contributed by atoms with Gasteiger partial charge in [0.15, 0.2) is 0 Å². The number of carbonyl (C=O) groups is 1. The van der Waals surface area contributed by atoms with Crippen molar-refractivity contribution in [2.24, 2.45) is 0 Å². The van der Waals surface area contributed by atoms with Crippen molar-refractivity contribution in [3.63, 3.8) is 0 Å². The van der Waals surface area contributed by atoms with Gasteiger partial charge in [0.1, 0.15) is 0 Å². The lowest BCUT2D eigenvalue weighted by Crippen LogP contribution is -1.99. The lowest BCUT2D eigenvalue weighted by atomic mass is 10.1. The zero-order valence-corrected chi connectivity index (χ0v) is 12.1. The molecule has 0 amide bonds. The van der Waals surface area contributed by atoms with E-state index in [1.54, 1.807) is 0 Å². The highest BCUT2D eigenvalue weighted by Crippen LogP contribution is 2.16. The van der Waals surface area contributed by atoms with Crippen LogP contribution in [-0.2, 0) is 9.53 Å². The third-order valence-corrected chi connectivity index (χ3v) is 3.43. The van der Waals surface area contributed by atoms with Crippen molar-refractivity contribution in [3.8, 4) is 0 Å². The van der Waals surface area contributed by atoms with Gasteiger partial charge in [0.25, 0.3) is 0 Å². The zero-order valence-electron chi connectivity index (χ0n) is 11.3. The number of carbonyl (C=O) groups excluding carboxylic acids is 1. The van der Waals surface area contributed by atoms with Crippen LogP contribution in [-0.4, -0.2) is 18.5 Å². The summed E-state index contributed by atoms with van der Waals surface area (Å²) in [4.78, 5) is 10.9. The summed E-state index contributed by atoms with van der Waals surface area (Å²) in [5, 5.41) is 0.366. The minimum Gasteiger partial charge on any atom is -0.469 e. The summed E-state index contributed by atoms with van der Waals surface area (Å²) in [5.41, 5.74) is 0. The highest BCUT2D eigenvalue weighted by molar-refractivity contribution is 6.20. The maximum atomic E-state index is 10.9. The fraction of sp³-hybridized carbons (Fsp3) is 0.929. The summed E-state index contributed by atoms with van der Waals surface area (Å²) in [5.74, 6) is -0.0922. The van der Waals surface area contributed by atoms with E-state index in [-0.39, 0.29) is 5.97 Å². The Morgan fingerprint density at radius 1 is 1.06 bits per heavy atom. The summed E-state index contributed by atoms with van der Waals surface area (Å²) in [6, 6.07) is 0. The second-order valence-corrected chi connectivity index (χ2v) is 5.24. The van der Waals surface area contributed by atoms with E-state index in [1.807, 2.05) is 0 Å². The third kappa shape index (κ3) is 12.0. The molecule has 0 spiro atoms. The molecule has 0 fully saturated rings. The Morgan fingerprint density at radius 3 is 2.29 bits per heavy atom. The van der Waals surface area contributed by atoms with Gasteiger partial charge in [0.05, 0.1) is 7.11 Å². The van der Waals surface area contributed by atoms with Crippen LogP contribution in [0.3, 0.4) is 0 Å². The van der Waals surface area contributed by atoms with Gasteiger partial charge in [-0.3, -0.25) is 4.79 Å². The Kier molecular flexibility index (Phi) is 12.1. The average molecular weight is 263 g/mol. The number of methoxy groups -OCH3 is 1. The molecule has 0 aliphatic rings. The first-order chi connectivity index (χ1) is 8.20. The van der Waals surface area contributed by atoms with Gasteiger partial charge in [-0.15, -0.1) is 11.6 Å². The van der Waals surface area contributed by atoms with E-state index in [0.717, 1.165) is 25.7 Å². The van der Waals surface area contributed by atoms with Crippen molar-refractivity contribution in [2.45, 2.75) is 76.5 Å². The Bertz CT molecular complexity index is 183. The maximum absolute atomic E-state index is 10.9. The number of unbranched alkanes of at least 4 members (excludes halogenated alkanes) is 5. The molecule has 0 aromatic rings. The number of hydrogen-bond donors (Lipinski definition) is 0. The third-order valence-electron chi connectivity index (χ3n) is 3.00. The number of hydrogen-bond acceptors (Lipinski definition) is 2. The molecule has 0 rings (SSSR count). The molecule has 17 heavy (non-hydrogen) atoms. The monoisotopic (exact) mass is 262 g/mol. The van der Waals surface area contributed by atoms with Crippen LogP contribution in [0.15, 0.2) is 0 Å². The molecule has 1 unspecified atom stereocenters. The van der Waals surface area contributed by atoms with Crippen molar-refractivity contribution >= 4 is 17.6 Å². The molecule has 0 radical (unpaired) electrons. The van der Waals surface area contributed by atoms with E-state index >= 15 is 0 Å². The molecule has 0 heterocycles. The summed E-state index contributed by atoms with van der Waals surface area (Å²) < 4.78 is 4.59. The van der Waals surface area contributed by atoms with Gasteiger partial charge in [-0.25, -0.2) is 0 Å². The molecule has 0 bridgehead atoms. The van der Waals surface area contributed by atoms with Crippen LogP contribution >= 0.6 is 11.6 Å². The molecule has 3 heteroatoms. The average Bonchev–Trinajstić information content (AvgIpc) is 2.34. The van der Waals surface area contributed by atoms with Gasteiger partial charge < -0.3 is 4.74 Å². The molecule has 1 atom stereocenters. The fourth-order valence-electron chi connectivity index (χ4n) is 1.84. The highest BCUT2D eigenvalue weighted by Gasteiger charge is 2.03. The topological polar surface area (TPSA) is 26.3 Å². The molecule has 0 aliphatic carbocycles. The van der Waals surface area contributed by atoms with Crippen molar-refractivity contribution in [1.82, 2.24) is 0 Å². The standard InChI is InChI=1S/C14H27ClO2/c1-3-4-10-13(15)11-8-6-5-7-9-12-14(16)17-2/h13H,3-12H2,1-2H3. The fourth-order valence-corrected chi connectivity index (χ4v) is 2.15. The maximum Gasteiger partial charge on any atom is 0.305 e. The predicted octanol–water partition coefficient (Wildman–Crippen LogP) is 4.69. The first-order valence-electron chi connectivity index (χ1n) is 6.91. The van der Waals surface area contributed by atoms with E-state index < -0.39 is 0 Å². The lowest BCUT2D eigenvalue weighted by Gasteiger charge is -2.08. The molecule has 0 N–H and O–H groups in total. The van der Waals surface area contributed by atoms with E-state index in [9.17, 15) is 4.79 Å². The van der Waals surface area contributed by atoms with Crippen molar-refractivity contribution in [3.05, 3.63) is 0 Å². The van der Waals surface area contributed by atoms with Crippen molar-refractivity contribution in [2.75, 3.05) is 7.11 Å². The van der Waals surface area contributed by atoms with Crippen LogP contribution in [0.1, 0.15) is 71.1 Å². The summed E-state index contributed by atoms with van der Waals surface area (Å²) in [6.45, 7) is 2.20. The van der Waals surface area contributed by atoms with Crippen molar-refractivity contribution in [1.29, 1.82) is 0 Å². The molecule has 0 aromatic carbocycles. The normalized spacial score (nSPS) is 12.4. The lowest BCUT2D eigenvalue weighted by molar-refractivity contribution is -0.140. The molecular formula is C14H27ClO2. The number of alkyl halides is 1. The van der Waals surface area contributed by atoms with Crippen molar-refractivity contribution < 1.29 is 9.53 Å². The van der Waals surface area contributed by atoms with Crippen LogP contribution in [0.25, 0.3) is 0 Å². The number of esters is 1. The first kappa shape index (κ1) is 16.8. The Labute approximate surface area is 111 Å². The largest absolute Gasteiger partial charge is 0.469 e. The minimum absolute atomic E-state index is 0.0922. The second-order valence-electron chi connectivity index (χ2n) is 4.62. The Morgan fingerprint density at radius 2 is 1.65 bits per heavy atom. The molecule has 0 aromatic heterocycles. The highest BCUT2D eigenvalue weighted by atomic mass is 35.5. The van der Waals surface area contributed by atoms with E-state index in [1.165, 1.54) is 39.2 Å². The van der Waals surface area contributed by atoms with Crippen LogP contribution in [0, 0.1) is 0 Å². The van der Waals surface area contributed by atoms with E-state index in [2.05, 4.69) is 11.7 Å². The predicted molar refractivity (Wildman–Crippen MR) is 73.5 cm³/mol. The van der Waals surface area contributed by atoms with E-state index in [0.29, 0.717) is 11.8 Å². The Hall–Kier alpha value is -0.240.